The lowest BCUT2D eigenvalue weighted by Crippen LogP contribution is -2.46. The summed E-state index contributed by atoms with van der Waals surface area (Å²) in [4.78, 5) is 161. The average Bonchev–Trinajstić information content (AvgIpc) is 0.915. The van der Waals surface area contributed by atoms with Crippen LogP contribution in [0.5, 0.6) is 23.0 Å². The van der Waals surface area contributed by atoms with Crippen molar-refractivity contribution in [2.24, 2.45) is 0 Å². The highest BCUT2D eigenvalue weighted by molar-refractivity contribution is 6.78. The number of carbonyl (C=O) groups is 9. The number of rotatable bonds is 18. The first-order valence-electron chi connectivity index (χ1n) is 28.7. The third-order valence-corrected chi connectivity index (χ3v) is 13.1. The van der Waals surface area contributed by atoms with Crippen LogP contribution in [0.4, 0.5) is 0 Å². The second-order valence-electron chi connectivity index (χ2n) is 19.7. The average molecular weight is 1370 g/mol. The lowest BCUT2D eigenvalue weighted by molar-refractivity contribution is -0.197. The van der Waals surface area contributed by atoms with E-state index >= 15 is 0 Å². The van der Waals surface area contributed by atoms with Crippen molar-refractivity contribution < 1.29 is 113 Å². The third-order valence-electron chi connectivity index (χ3n) is 13.1. The van der Waals surface area contributed by atoms with Gasteiger partial charge < -0.3 is 75.2 Å². The number of ether oxygens (including phenoxy) is 5. The molecular weight excluding hydrogens is 1320 g/mol. The van der Waals surface area contributed by atoms with E-state index in [1.807, 2.05) is 0 Å². The molecule has 0 unspecified atom stereocenters. The summed E-state index contributed by atoms with van der Waals surface area (Å²) in [6.45, 7) is 20.8. The zero-order valence-corrected chi connectivity index (χ0v) is 52.3. The standard InChI is InChI=1S/C19H16N2O8.C16H11NO7.C13H10O5.C11H8O5.C6H9B3O3.CH4/c1-2-27-12-3-4-14-11(9-12)10-13(19(26)28-14)18(25)20-8-7-17(24)29-21-15(22)5-6-16(21)23;1-2-22-10-3-4-12-9(7-10)8-11(15(20)23-12)16(21)24-17-13(18)5-6-14(17)19;1-3-17-9-4-5-11-8(6-9)7-10(12(14)16-2)13(15)18-11;1-15-10(13)8-5-6-4-7(12)2-3-9(6)16-11(8)14;1-4-7-10-8(5-2)12-9(6-3)11-7;/h2-4,9-10H,1,5-8H2,(H,20,25);2-4,7-8H,1,5-6H2;3-7H,1H2,2H3;2-5,12H,1H3;4-6H,1-3H2;1H4. The van der Waals surface area contributed by atoms with Crippen LogP contribution in [0.15, 0.2) is 210 Å². The molecule has 5 amide bonds. The smallest absolute Gasteiger partial charge is 0.458 e. The molecule has 0 saturated carbocycles. The Hall–Kier alpha value is -12.9. The SMILES string of the molecule is C.C=CB1OB(C=C)OB(C=C)O1.C=COc1ccc2oc(=O)c(C(=O)NCCC(=O)ON3C(=O)CCC3=O)cc2c1.C=COc1ccc2oc(=O)c(C(=O)OC)cc2c1.C=COc1ccc2oc(=O)c(C(=O)ON3C(=O)CCC3=O)cc2c1.COC(=O)c1cc2cc(O)ccc2oc1=O. The van der Waals surface area contributed by atoms with Crippen molar-refractivity contribution >= 4 is 119 Å². The Morgan fingerprint density at radius 1 is 0.460 bits per heavy atom. The fourth-order valence-corrected chi connectivity index (χ4v) is 8.52. The number of phenolic OH excluding ortho intramolecular Hbond substituents is 1. The summed E-state index contributed by atoms with van der Waals surface area (Å²) >= 11 is 0. The fourth-order valence-electron chi connectivity index (χ4n) is 8.52. The lowest BCUT2D eigenvalue weighted by Gasteiger charge is -2.26. The summed E-state index contributed by atoms with van der Waals surface area (Å²) in [5.41, 5.74) is -3.14. The molecule has 3 fully saturated rings. The molecular formula is C66H58B3N3O28. The molecule has 4 aromatic heterocycles. The van der Waals surface area contributed by atoms with E-state index in [0.29, 0.717) is 60.1 Å². The van der Waals surface area contributed by atoms with Gasteiger partial charge in [0.25, 0.3) is 29.5 Å². The van der Waals surface area contributed by atoms with Gasteiger partial charge in [-0.2, -0.15) is 0 Å². The van der Waals surface area contributed by atoms with Gasteiger partial charge in [0.1, 0.15) is 67.6 Å². The van der Waals surface area contributed by atoms with Crippen LogP contribution in [0.2, 0.25) is 0 Å². The van der Waals surface area contributed by atoms with Crippen molar-refractivity contribution in [1.29, 1.82) is 0 Å². The van der Waals surface area contributed by atoms with Gasteiger partial charge in [-0.15, -0.1) is 29.9 Å². The minimum Gasteiger partial charge on any atom is -0.508 e. The molecule has 8 aromatic rings. The van der Waals surface area contributed by atoms with Crippen molar-refractivity contribution in [1.82, 2.24) is 15.4 Å². The molecule has 0 aliphatic carbocycles. The van der Waals surface area contributed by atoms with Crippen molar-refractivity contribution in [3.63, 3.8) is 0 Å². The van der Waals surface area contributed by atoms with E-state index in [4.69, 9.17) is 50.4 Å². The Kier molecular flexibility index (Phi) is 27.2. The van der Waals surface area contributed by atoms with Gasteiger partial charge in [-0.05, 0) is 97.1 Å². The molecule has 11 rings (SSSR count). The number of hydrogen-bond acceptors (Lipinski definition) is 28. The third kappa shape index (κ3) is 19.8. The molecule has 0 bridgehead atoms. The predicted molar refractivity (Wildman–Crippen MR) is 355 cm³/mol. The van der Waals surface area contributed by atoms with E-state index in [0.717, 1.165) is 0 Å². The summed E-state index contributed by atoms with van der Waals surface area (Å²) in [5.74, 6) is -0.661. The van der Waals surface area contributed by atoms with Gasteiger partial charge in [0.05, 0.1) is 39.4 Å². The van der Waals surface area contributed by atoms with Crippen molar-refractivity contribution in [2.75, 3.05) is 20.8 Å². The maximum Gasteiger partial charge on any atom is 0.458 e. The predicted octanol–water partition coefficient (Wildman–Crippen LogP) is 7.29. The Morgan fingerprint density at radius 2 is 0.780 bits per heavy atom. The van der Waals surface area contributed by atoms with E-state index in [-0.39, 0.29) is 79.7 Å². The zero-order valence-electron chi connectivity index (χ0n) is 52.3. The van der Waals surface area contributed by atoms with Crippen molar-refractivity contribution in [2.45, 2.75) is 39.5 Å². The van der Waals surface area contributed by atoms with Gasteiger partial charge >= 0.3 is 67.7 Å². The number of fused-ring (bicyclic) bond motifs is 4. The van der Waals surface area contributed by atoms with E-state index in [1.54, 1.807) is 54.3 Å². The molecule has 0 radical (unpaired) electrons. The maximum atomic E-state index is 12.3. The second-order valence-corrected chi connectivity index (χ2v) is 19.7. The molecule has 3 saturated heterocycles. The van der Waals surface area contributed by atoms with Gasteiger partial charge in [0.2, 0.25) is 0 Å². The van der Waals surface area contributed by atoms with Gasteiger partial charge in [-0.25, -0.2) is 38.4 Å². The second kappa shape index (κ2) is 35.7. The number of hydroxylamine groups is 4. The molecule has 4 aromatic carbocycles. The number of nitrogens with one attached hydrogen (secondary N) is 1. The molecule has 34 heteroatoms. The molecule has 31 nitrogen and oxygen atoms in total. The Labute approximate surface area is 565 Å². The van der Waals surface area contributed by atoms with Crippen LogP contribution in [0, 0.1) is 0 Å². The number of nitrogens with zero attached hydrogens (tertiary/aromatic N) is 2. The molecule has 0 spiro atoms. The number of carbonyl (C=O) groups excluding carboxylic acids is 9. The van der Waals surface area contributed by atoms with Crippen LogP contribution in [-0.4, -0.2) is 111 Å². The summed E-state index contributed by atoms with van der Waals surface area (Å²) in [6, 6.07) is 23.6. The lowest BCUT2D eigenvalue weighted by atomic mass is 9.70. The summed E-state index contributed by atoms with van der Waals surface area (Å²) < 4.78 is 59.9. The largest absolute Gasteiger partial charge is 0.508 e. The number of hydrogen-bond donors (Lipinski definition) is 2. The number of aromatic hydroxyl groups is 1. The maximum absolute atomic E-state index is 12.3. The number of amides is 5. The van der Waals surface area contributed by atoms with Crippen LogP contribution >= 0.6 is 0 Å². The first-order valence-corrected chi connectivity index (χ1v) is 28.7. The normalized spacial score (nSPS) is 12.8. The summed E-state index contributed by atoms with van der Waals surface area (Å²) in [5, 5.41) is 14.3. The van der Waals surface area contributed by atoms with Gasteiger partial charge in [0.15, 0.2) is 0 Å². The first kappa shape index (κ1) is 76.1. The van der Waals surface area contributed by atoms with Crippen LogP contribution in [0.25, 0.3) is 43.9 Å². The van der Waals surface area contributed by atoms with Gasteiger partial charge in [0, 0.05) is 53.8 Å². The minimum absolute atomic E-state index is 0. The Morgan fingerprint density at radius 3 is 1.13 bits per heavy atom. The minimum atomic E-state index is -1.15. The van der Waals surface area contributed by atoms with E-state index in [2.05, 4.69) is 59.1 Å². The highest BCUT2D eigenvalue weighted by atomic mass is 16.7. The number of benzene rings is 4. The Bertz CT molecular complexity index is 4730. The van der Waals surface area contributed by atoms with E-state index < -0.39 is 103 Å². The van der Waals surface area contributed by atoms with Crippen LogP contribution < -0.4 is 42.0 Å². The first-order chi connectivity index (χ1) is 47.4. The van der Waals surface area contributed by atoms with Crippen LogP contribution in [-0.2, 0) is 56.8 Å². The van der Waals surface area contributed by atoms with Crippen molar-refractivity contribution in [3.8, 4) is 23.0 Å². The van der Waals surface area contributed by atoms with Gasteiger partial charge in [-0.1, -0.05) is 45.1 Å². The summed E-state index contributed by atoms with van der Waals surface area (Å²) in [7, 11) is 1.01. The zero-order chi connectivity index (χ0) is 72.0. The number of imide groups is 2. The molecule has 3 aliphatic heterocycles. The molecule has 3 aliphatic rings. The van der Waals surface area contributed by atoms with Crippen LogP contribution in [0.1, 0.15) is 81.0 Å². The molecule has 100 heavy (non-hydrogen) atoms. The van der Waals surface area contributed by atoms with E-state index in [1.165, 1.54) is 93.7 Å². The van der Waals surface area contributed by atoms with Gasteiger partial charge in [-0.3, -0.25) is 24.0 Å². The molecule has 514 valence electrons. The van der Waals surface area contributed by atoms with Crippen LogP contribution in [0.3, 0.4) is 0 Å². The summed E-state index contributed by atoms with van der Waals surface area (Å²) in [6.07, 6.45) is 3.32. The highest BCUT2D eigenvalue weighted by Gasteiger charge is 2.37. The van der Waals surface area contributed by atoms with Crippen molar-refractivity contribution in [3.05, 3.63) is 237 Å². The van der Waals surface area contributed by atoms with E-state index in [9.17, 15) is 67.4 Å². The monoisotopic (exact) mass is 1370 g/mol. The Balaban J connectivity index is 0.000000202. The molecule has 2 N–H and O–H groups in total. The topological polar surface area (TPSA) is 406 Å². The number of phenols is 1. The highest BCUT2D eigenvalue weighted by Crippen LogP contribution is 2.25. The quantitative estimate of drug-likeness (QED) is 0.0280. The fraction of sp³-hybridized carbons (Fsp3) is 0.136. The number of methoxy groups -OCH3 is 2. The molecule has 7 heterocycles. The molecule has 0 atom stereocenters. The number of esters is 2.